The van der Waals surface area contributed by atoms with Crippen LogP contribution in [-0.4, -0.2) is 47.7 Å². The molecule has 7 heteroatoms. The summed E-state index contributed by atoms with van der Waals surface area (Å²) in [5.41, 5.74) is 0. The van der Waals surface area contributed by atoms with Crippen LogP contribution in [0.5, 0.6) is 0 Å². The van der Waals surface area contributed by atoms with Crippen LogP contribution in [0.25, 0.3) is 0 Å². The van der Waals surface area contributed by atoms with Crippen molar-refractivity contribution < 1.29 is 9.77 Å². The number of epoxide rings is 1. The van der Waals surface area contributed by atoms with Crippen molar-refractivity contribution in [3.8, 4) is 0 Å². The van der Waals surface area contributed by atoms with Crippen LogP contribution in [0.3, 0.4) is 0 Å². The van der Waals surface area contributed by atoms with E-state index in [2.05, 4.69) is 10.4 Å². The predicted molar refractivity (Wildman–Crippen MR) is 55.4 cm³/mol. The minimum atomic E-state index is -0.643. The molecule has 0 radical (unpaired) electrons. The summed E-state index contributed by atoms with van der Waals surface area (Å²) in [7, 11) is 0. The Bertz CT molecular complexity index is 336. The molecule has 0 aromatic carbocycles. The number of hydrogen-bond donors (Lipinski definition) is 1. The van der Waals surface area contributed by atoms with Gasteiger partial charge in [-0.1, -0.05) is 0 Å². The van der Waals surface area contributed by atoms with Crippen LogP contribution in [0.4, 0.5) is 0 Å². The van der Waals surface area contributed by atoms with Crippen molar-refractivity contribution in [1.29, 1.82) is 0 Å². The third-order valence-corrected chi connectivity index (χ3v) is 3.44. The molecule has 0 spiro atoms. The summed E-state index contributed by atoms with van der Waals surface area (Å²) in [5.74, 6) is 1.01. The van der Waals surface area contributed by atoms with E-state index in [9.17, 15) is 10.1 Å². The van der Waals surface area contributed by atoms with E-state index in [-0.39, 0.29) is 0 Å². The second kappa shape index (κ2) is 3.58. The maximum Gasteiger partial charge on any atom is 0.271 e. The molecule has 2 saturated heterocycles. The van der Waals surface area contributed by atoms with Crippen molar-refractivity contribution >= 4 is 5.96 Å². The average Bonchev–Trinajstić information content (AvgIpc) is 2.65. The Morgan fingerprint density at radius 3 is 3.00 bits per heavy atom. The number of rotatable bonds is 3. The molecule has 16 heavy (non-hydrogen) atoms. The lowest BCUT2D eigenvalue weighted by Gasteiger charge is -2.20. The van der Waals surface area contributed by atoms with Crippen LogP contribution >= 0.6 is 0 Å². The Morgan fingerprint density at radius 2 is 2.31 bits per heavy atom. The number of nitro groups is 1. The molecule has 1 unspecified atom stereocenters. The van der Waals surface area contributed by atoms with Crippen molar-refractivity contribution in [1.82, 2.24) is 10.2 Å². The third-order valence-electron chi connectivity index (χ3n) is 3.44. The lowest BCUT2D eigenvalue weighted by Crippen LogP contribution is -2.34. The first kappa shape index (κ1) is 9.83. The number of fused-ring (bicyclic) bond motifs is 1. The van der Waals surface area contributed by atoms with Crippen LogP contribution in [0.1, 0.15) is 12.8 Å². The minimum Gasteiger partial charge on any atom is -0.370 e. The van der Waals surface area contributed by atoms with Crippen molar-refractivity contribution in [2.24, 2.45) is 11.0 Å². The highest BCUT2D eigenvalue weighted by atomic mass is 16.7. The van der Waals surface area contributed by atoms with Crippen molar-refractivity contribution in [3.05, 3.63) is 10.1 Å². The van der Waals surface area contributed by atoms with Crippen LogP contribution < -0.4 is 5.32 Å². The fourth-order valence-corrected chi connectivity index (χ4v) is 2.68. The Hall–Kier alpha value is -1.37. The SMILES string of the molecule is O=[N+]([O-])/N=C1\NCCN1CC1C[C@@H]2O[C@@H]2C1. The summed E-state index contributed by atoms with van der Waals surface area (Å²) >= 11 is 0. The largest absolute Gasteiger partial charge is 0.370 e. The normalized spacial score (nSPS) is 38.6. The molecular weight excluding hydrogens is 212 g/mol. The van der Waals surface area contributed by atoms with Gasteiger partial charge in [0.2, 0.25) is 0 Å². The molecule has 3 aliphatic rings. The van der Waals surface area contributed by atoms with E-state index in [0.717, 1.165) is 32.5 Å². The van der Waals surface area contributed by atoms with E-state index in [1.54, 1.807) is 0 Å². The van der Waals surface area contributed by atoms with Gasteiger partial charge in [0.05, 0.1) is 12.2 Å². The molecule has 1 N–H and O–H groups in total. The van der Waals surface area contributed by atoms with E-state index in [0.29, 0.717) is 24.1 Å². The molecule has 0 aromatic rings. The number of guanidine groups is 1. The van der Waals surface area contributed by atoms with Crippen LogP contribution in [0, 0.1) is 16.0 Å². The molecule has 0 bridgehead atoms. The van der Waals surface area contributed by atoms with E-state index in [4.69, 9.17) is 4.74 Å². The van der Waals surface area contributed by atoms with Gasteiger partial charge in [0, 0.05) is 19.6 Å². The van der Waals surface area contributed by atoms with Gasteiger partial charge >= 0.3 is 0 Å². The second-order valence-electron chi connectivity index (χ2n) is 4.58. The molecule has 3 rings (SSSR count). The molecule has 88 valence electrons. The monoisotopic (exact) mass is 226 g/mol. The highest BCUT2D eigenvalue weighted by Crippen LogP contribution is 2.42. The summed E-state index contributed by atoms with van der Waals surface area (Å²) < 4.78 is 5.37. The molecule has 0 aromatic heterocycles. The molecule has 3 atom stereocenters. The second-order valence-corrected chi connectivity index (χ2v) is 4.58. The molecule has 7 nitrogen and oxygen atoms in total. The number of nitrogens with one attached hydrogen (secondary N) is 1. The van der Waals surface area contributed by atoms with Gasteiger partial charge in [0.15, 0.2) is 5.03 Å². The first-order chi connectivity index (χ1) is 7.72. The van der Waals surface area contributed by atoms with E-state index < -0.39 is 5.03 Å². The predicted octanol–water partition coefficient (Wildman–Crippen LogP) is -0.383. The highest BCUT2D eigenvalue weighted by molar-refractivity contribution is 5.81. The summed E-state index contributed by atoms with van der Waals surface area (Å²) in [5, 5.41) is 16.0. The molecule has 2 heterocycles. The molecular formula is C9H14N4O3. The summed E-state index contributed by atoms with van der Waals surface area (Å²) in [6.45, 7) is 2.40. The summed E-state index contributed by atoms with van der Waals surface area (Å²) in [4.78, 5) is 12.3. The fraction of sp³-hybridized carbons (Fsp3) is 0.889. The number of ether oxygens (including phenoxy) is 1. The highest BCUT2D eigenvalue weighted by Gasteiger charge is 2.48. The van der Waals surface area contributed by atoms with Crippen LogP contribution in [0.2, 0.25) is 0 Å². The van der Waals surface area contributed by atoms with Crippen LogP contribution in [-0.2, 0) is 4.74 Å². The van der Waals surface area contributed by atoms with Gasteiger partial charge in [-0.25, -0.2) is 10.1 Å². The van der Waals surface area contributed by atoms with Gasteiger partial charge in [-0.15, -0.1) is 0 Å². The smallest absolute Gasteiger partial charge is 0.271 e. The Morgan fingerprint density at radius 1 is 1.56 bits per heavy atom. The fourth-order valence-electron chi connectivity index (χ4n) is 2.68. The standard InChI is InChI=1S/C9H14N4O3/c14-13(15)11-9-10-1-2-12(9)5-6-3-7-8(4-6)16-7/h6-8H,1-5H2,(H,10,11)/t6?,7-,8+. The molecule has 0 amide bonds. The summed E-state index contributed by atoms with van der Waals surface area (Å²) in [6.07, 6.45) is 3.12. The minimum absolute atomic E-state index is 0.409. The third kappa shape index (κ3) is 1.82. The lowest BCUT2D eigenvalue weighted by molar-refractivity contribution is -0.485. The maximum absolute atomic E-state index is 10.3. The number of hydrogen-bond acceptors (Lipinski definition) is 3. The average molecular weight is 226 g/mol. The molecule has 1 aliphatic carbocycles. The van der Waals surface area contributed by atoms with Crippen LogP contribution in [0.15, 0.2) is 5.10 Å². The topological polar surface area (TPSA) is 83.3 Å². The Kier molecular flexibility index (Phi) is 2.20. The Labute approximate surface area is 92.6 Å². The number of hydrazone groups is 1. The van der Waals surface area contributed by atoms with E-state index in [1.807, 2.05) is 4.90 Å². The quantitative estimate of drug-likeness (QED) is 0.403. The van der Waals surface area contributed by atoms with Crippen molar-refractivity contribution in [2.75, 3.05) is 19.6 Å². The molecule has 3 fully saturated rings. The van der Waals surface area contributed by atoms with Gasteiger partial charge in [-0.05, 0) is 18.8 Å². The van der Waals surface area contributed by atoms with Gasteiger partial charge in [0.25, 0.3) is 5.96 Å². The molecule has 1 saturated carbocycles. The van der Waals surface area contributed by atoms with Gasteiger partial charge in [0.1, 0.15) is 5.10 Å². The van der Waals surface area contributed by atoms with Gasteiger partial charge in [-0.3, -0.25) is 0 Å². The first-order valence-electron chi connectivity index (χ1n) is 5.59. The van der Waals surface area contributed by atoms with Crippen molar-refractivity contribution in [3.63, 3.8) is 0 Å². The Balaban J connectivity index is 1.59. The van der Waals surface area contributed by atoms with Gasteiger partial charge in [-0.2, -0.15) is 0 Å². The van der Waals surface area contributed by atoms with E-state index in [1.165, 1.54) is 0 Å². The first-order valence-corrected chi connectivity index (χ1v) is 5.59. The lowest BCUT2D eigenvalue weighted by atomic mass is 10.1. The zero-order valence-electron chi connectivity index (χ0n) is 8.83. The van der Waals surface area contributed by atoms with E-state index >= 15 is 0 Å². The van der Waals surface area contributed by atoms with Gasteiger partial charge < -0.3 is 15.0 Å². The summed E-state index contributed by atoms with van der Waals surface area (Å²) in [6, 6.07) is 0. The molecule has 2 aliphatic heterocycles. The zero-order valence-corrected chi connectivity index (χ0v) is 8.83. The number of nitrogens with zero attached hydrogens (tertiary/aromatic N) is 3. The maximum atomic E-state index is 10.3. The van der Waals surface area contributed by atoms with Crippen molar-refractivity contribution in [2.45, 2.75) is 25.0 Å². The zero-order chi connectivity index (χ0) is 11.1.